The highest BCUT2D eigenvalue weighted by Crippen LogP contribution is 2.28. The average Bonchev–Trinajstić information content (AvgIpc) is 2.54. The summed E-state index contributed by atoms with van der Waals surface area (Å²) in [6, 6.07) is 4.53. The van der Waals surface area contributed by atoms with E-state index < -0.39 is 10.0 Å². The Hall–Kier alpha value is -1.11. The van der Waals surface area contributed by atoms with Crippen molar-refractivity contribution in [2.75, 3.05) is 26.2 Å². The van der Waals surface area contributed by atoms with Crippen LogP contribution in [0.1, 0.15) is 44.5 Å². The lowest BCUT2D eigenvalue weighted by molar-refractivity contribution is 0.0623. The molecule has 0 saturated carbocycles. The van der Waals surface area contributed by atoms with Gasteiger partial charge in [0.25, 0.3) is 5.91 Å². The fraction of sp³-hybridized carbons (Fsp3) is 0.611. The Morgan fingerprint density at radius 1 is 1.20 bits per heavy atom. The first kappa shape index (κ1) is 20.2. The molecule has 0 aliphatic carbocycles. The standard InChI is InChI=1S/C18H27ClN2O3S/c1-5-21(6-2)25(23,24)17-10-15(7-8-16(17)19)18(22)20-11-13(3)9-14(4)12-20/h7-8,10,13-14H,5-6,9,11-12H2,1-4H3. The molecule has 7 heteroatoms. The summed E-state index contributed by atoms with van der Waals surface area (Å²) in [6.07, 6.45) is 1.10. The van der Waals surface area contributed by atoms with Gasteiger partial charge in [-0.3, -0.25) is 4.79 Å². The van der Waals surface area contributed by atoms with E-state index in [9.17, 15) is 13.2 Å². The molecule has 2 unspecified atom stereocenters. The summed E-state index contributed by atoms with van der Waals surface area (Å²) >= 11 is 6.14. The second kappa shape index (κ2) is 8.06. The second-order valence-electron chi connectivity index (χ2n) is 6.89. The normalized spacial score (nSPS) is 21.6. The van der Waals surface area contributed by atoms with Gasteiger partial charge in [0.05, 0.1) is 5.02 Å². The minimum absolute atomic E-state index is 0.00169. The lowest BCUT2D eigenvalue weighted by Gasteiger charge is -2.35. The number of halogens is 1. The Bertz CT molecular complexity index is 722. The van der Waals surface area contributed by atoms with Gasteiger partial charge in [-0.2, -0.15) is 4.31 Å². The van der Waals surface area contributed by atoms with Crippen molar-refractivity contribution in [2.45, 2.75) is 39.0 Å². The Kier molecular flexibility index (Phi) is 6.51. The first-order chi connectivity index (χ1) is 11.7. The number of piperidine rings is 1. The van der Waals surface area contributed by atoms with Crippen LogP contribution in [0.5, 0.6) is 0 Å². The van der Waals surface area contributed by atoms with Crippen LogP contribution < -0.4 is 0 Å². The molecule has 1 aromatic carbocycles. The zero-order valence-corrected chi connectivity index (χ0v) is 16.9. The Balaban J connectivity index is 2.37. The maximum atomic E-state index is 12.9. The topological polar surface area (TPSA) is 57.7 Å². The van der Waals surface area contributed by atoms with Crippen LogP contribution in [0.2, 0.25) is 5.02 Å². The van der Waals surface area contributed by atoms with E-state index in [0.717, 1.165) is 6.42 Å². The quantitative estimate of drug-likeness (QED) is 0.778. The van der Waals surface area contributed by atoms with Crippen molar-refractivity contribution in [1.82, 2.24) is 9.21 Å². The summed E-state index contributed by atoms with van der Waals surface area (Å²) in [5, 5.41) is 0.142. The predicted molar refractivity (Wildman–Crippen MR) is 100 cm³/mol. The molecule has 1 fully saturated rings. The SMILES string of the molecule is CCN(CC)S(=O)(=O)c1cc(C(=O)N2CC(C)CC(C)C2)ccc1Cl. The Morgan fingerprint density at radius 2 is 1.76 bits per heavy atom. The summed E-state index contributed by atoms with van der Waals surface area (Å²) in [7, 11) is -3.71. The minimum Gasteiger partial charge on any atom is -0.338 e. The molecule has 1 heterocycles. The van der Waals surface area contributed by atoms with Crippen molar-refractivity contribution < 1.29 is 13.2 Å². The van der Waals surface area contributed by atoms with Gasteiger partial charge < -0.3 is 4.90 Å². The van der Waals surface area contributed by atoms with Crippen LogP contribution in [0, 0.1) is 11.8 Å². The zero-order valence-electron chi connectivity index (χ0n) is 15.3. The number of carbonyl (C=O) groups excluding carboxylic acids is 1. The summed E-state index contributed by atoms with van der Waals surface area (Å²) in [4.78, 5) is 14.7. The molecule has 2 rings (SSSR count). The van der Waals surface area contributed by atoms with E-state index in [-0.39, 0.29) is 15.8 Å². The van der Waals surface area contributed by atoms with Crippen molar-refractivity contribution in [3.63, 3.8) is 0 Å². The zero-order chi connectivity index (χ0) is 18.8. The number of benzene rings is 1. The maximum absolute atomic E-state index is 12.9. The molecule has 1 aliphatic rings. The minimum atomic E-state index is -3.71. The van der Waals surface area contributed by atoms with Crippen molar-refractivity contribution in [3.05, 3.63) is 28.8 Å². The molecule has 2 atom stereocenters. The van der Waals surface area contributed by atoms with E-state index in [4.69, 9.17) is 11.6 Å². The number of rotatable bonds is 5. The molecule has 0 bridgehead atoms. The highest BCUT2D eigenvalue weighted by atomic mass is 35.5. The molecule has 0 radical (unpaired) electrons. The Morgan fingerprint density at radius 3 is 2.28 bits per heavy atom. The number of amides is 1. The average molecular weight is 387 g/mol. The summed E-state index contributed by atoms with van der Waals surface area (Å²) < 4.78 is 26.9. The van der Waals surface area contributed by atoms with Gasteiger partial charge in [0, 0.05) is 31.7 Å². The highest BCUT2D eigenvalue weighted by Gasteiger charge is 2.29. The molecular weight excluding hydrogens is 360 g/mol. The van der Waals surface area contributed by atoms with Crippen LogP contribution in [0.3, 0.4) is 0 Å². The molecule has 0 N–H and O–H groups in total. The van der Waals surface area contributed by atoms with Crippen LogP contribution in [0.25, 0.3) is 0 Å². The number of carbonyl (C=O) groups is 1. The van der Waals surface area contributed by atoms with Crippen molar-refractivity contribution >= 4 is 27.5 Å². The molecule has 140 valence electrons. The van der Waals surface area contributed by atoms with E-state index >= 15 is 0 Å². The maximum Gasteiger partial charge on any atom is 0.253 e. The number of hydrogen-bond acceptors (Lipinski definition) is 3. The molecule has 1 aromatic rings. The van der Waals surface area contributed by atoms with Crippen molar-refractivity contribution in [3.8, 4) is 0 Å². The van der Waals surface area contributed by atoms with Crippen LogP contribution in [0.15, 0.2) is 23.1 Å². The fourth-order valence-corrected chi connectivity index (χ4v) is 5.51. The summed E-state index contributed by atoms with van der Waals surface area (Å²) in [5.41, 5.74) is 0.372. The number of likely N-dealkylation sites (tertiary alicyclic amines) is 1. The summed E-state index contributed by atoms with van der Waals surface area (Å²) in [5.74, 6) is 0.754. The summed E-state index contributed by atoms with van der Waals surface area (Å²) in [6.45, 7) is 9.93. The highest BCUT2D eigenvalue weighted by molar-refractivity contribution is 7.89. The lowest BCUT2D eigenvalue weighted by Crippen LogP contribution is -2.42. The van der Waals surface area contributed by atoms with Gasteiger partial charge in [0.1, 0.15) is 4.90 Å². The monoisotopic (exact) mass is 386 g/mol. The van der Waals surface area contributed by atoms with E-state index in [1.165, 1.54) is 16.4 Å². The van der Waals surface area contributed by atoms with E-state index in [1.807, 2.05) is 4.90 Å². The van der Waals surface area contributed by atoms with Gasteiger partial charge in [-0.05, 0) is 36.5 Å². The van der Waals surface area contributed by atoms with Crippen molar-refractivity contribution in [2.24, 2.45) is 11.8 Å². The number of nitrogens with zero attached hydrogens (tertiary/aromatic N) is 2. The van der Waals surface area contributed by atoms with Gasteiger partial charge in [0.2, 0.25) is 10.0 Å². The van der Waals surface area contributed by atoms with Crippen molar-refractivity contribution in [1.29, 1.82) is 0 Å². The second-order valence-corrected chi connectivity index (χ2v) is 9.20. The molecule has 5 nitrogen and oxygen atoms in total. The third-order valence-corrected chi connectivity index (χ3v) is 7.19. The molecule has 0 aromatic heterocycles. The van der Waals surface area contributed by atoms with Gasteiger partial charge in [-0.15, -0.1) is 0 Å². The first-order valence-electron chi connectivity index (χ1n) is 8.79. The van der Waals surface area contributed by atoms with Gasteiger partial charge in [-0.25, -0.2) is 8.42 Å². The molecule has 0 spiro atoms. The number of sulfonamides is 1. The third-order valence-electron chi connectivity index (χ3n) is 4.66. The van der Waals surface area contributed by atoms with Crippen LogP contribution in [-0.2, 0) is 10.0 Å². The van der Waals surface area contributed by atoms with E-state index in [0.29, 0.717) is 43.6 Å². The molecular formula is C18H27ClN2O3S. The molecule has 1 saturated heterocycles. The molecule has 1 amide bonds. The Labute approximate surface area is 156 Å². The van der Waals surface area contributed by atoms with Gasteiger partial charge >= 0.3 is 0 Å². The fourth-order valence-electron chi connectivity index (χ4n) is 3.55. The number of hydrogen-bond donors (Lipinski definition) is 0. The van der Waals surface area contributed by atoms with E-state index in [2.05, 4.69) is 13.8 Å². The largest absolute Gasteiger partial charge is 0.338 e. The first-order valence-corrected chi connectivity index (χ1v) is 10.6. The van der Waals surface area contributed by atoms with E-state index in [1.54, 1.807) is 19.9 Å². The predicted octanol–water partition coefficient (Wildman–Crippen LogP) is 3.49. The van der Waals surface area contributed by atoms with Crippen LogP contribution >= 0.6 is 11.6 Å². The smallest absolute Gasteiger partial charge is 0.253 e. The van der Waals surface area contributed by atoms with Gasteiger partial charge in [0.15, 0.2) is 0 Å². The molecule has 1 aliphatic heterocycles. The van der Waals surface area contributed by atoms with Crippen LogP contribution in [-0.4, -0.2) is 49.7 Å². The van der Waals surface area contributed by atoms with Crippen LogP contribution in [0.4, 0.5) is 0 Å². The van der Waals surface area contributed by atoms with Gasteiger partial charge in [-0.1, -0.05) is 39.3 Å². The third kappa shape index (κ3) is 4.36. The molecule has 25 heavy (non-hydrogen) atoms. The lowest BCUT2D eigenvalue weighted by atomic mass is 9.91.